The largest absolute Gasteiger partial charge is 0.481 e. The van der Waals surface area contributed by atoms with E-state index in [1.54, 1.807) is 70.9 Å². The van der Waals surface area contributed by atoms with Gasteiger partial charge >= 0.3 is 11.9 Å². The van der Waals surface area contributed by atoms with Crippen molar-refractivity contribution in [3.8, 4) is 43.4 Å². The summed E-state index contributed by atoms with van der Waals surface area (Å²) >= 11 is 6.93. The normalized spacial score (nSPS) is 18.9. The summed E-state index contributed by atoms with van der Waals surface area (Å²) in [5.74, 6) is -5.85. The van der Waals surface area contributed by atoms with Crippen LogP contribution in [0.1, 0.15) is 126 Å². The van der Waals surface area contributed by atoms with Crippen molar-refractivity contribution in [1.29, 1.82) is 0 Å². The number of benzene rings is 1. The zero-order valence-electron chi connectivity index (χ0n) is 47.4. The highest BCUT2D eigenvalue weighted by molar-refractivity contribution is 7.15. The quantitative estimate of drug-likeness (QED) is 0.0452. The first-order valence-corrected chi connectivity index (χ1v) is 32.4. The molecule has 0 saturated heterocycles. The van der Waals surface area contributed by atoms with Gasteiger partial charge in [-0.15, -0.1) is 68.0 Å². The highest BCUT2D eigenvalue weighted by atomic mass is 32.1. The van der Waals surface area contributed by atoms with Crippen LogP contribution < -0.4 is 31.5 Å². The zero-order chi connectivity index (χ0) is 62.5. The molecule has 2 aliphatic rings. The fourth-order valence-electron chi connectivity index (χ4n) is 9.39. The smallest absolute Gasteiger partial charge is 0.306 e. The van der Waals surface area contributed by atoms with Gasteiger partial charge in [-0.1, -0.05) is 44.2 Å². The van der Waals surface area contributed by atoms with Crippen LogP contribution in [0.15, 0.2) is 64.0 Å². The Labute approximate surface area is 525 Å². The molecule has 5 atom stereocenters. The van der Waals surface area contributed by atoms with E-state index in [1.165, 1.54) is 30.4 Å². The first-order chi connectivity index (χ1) is 42.2. The zero-order valence-corrected chi connectivity index (χ0v) is 52.3. The molecule has 32 heteroatoms. The number of aliphatic hydroxyl groups is 2. The fourth-order valence-corrected chi connectivity index (χ4v) is 14.9. The number of aliphatic carboxylic acids is 2. The standard InChI is InChI=1S/C56H57N13O13S6/c1-24(2)40-54-68-43(35(88-54)19-81-5)47(76)58-18-38(71)65-44(45(74)26-9-7-6-8-10-26)53-63-34(22-85-53)51-61-32(20-84-51)42-29(49-62-33(21-83-49)46(75)60-31(17-37(70)57-4)52-67-41(25(3)87-52)48(77)66-40)11-12-30(59-42)50-64-36(23-86-50)69(14-13-39(72)73)56(80)82-28-15-27(16-28)55(78)79/h6-12,20-24,27-28,31,40,44-45,56,74,80H,13-19H2,1-5H3,(H,57,70)(H,58,76)(H,60,75)(H,65,71)(H,66,77)(H,72,73)(H,78,79)/t27-,28-,31-,40?,44-,45-,56?/m0/s1. The number of carboxylic acids is 2. The van der Waals surface area contributed by atoms with Crippen LogP contribution in [0.3, 0.4) is 0 Å². The average molecular weight is 1310 g/mol. The van der Waals surface area contributed by atoms with Gasteiger partial charge in [0.05, 0.1) is 60.7 Å². The maximum Gasteiger partial charge on any atom is 0.306 e. The molecular formula is C56H57N13O13S6. The van der Waals surface area contributed by atoms with E-state index in [4.69, 9.17) is 34.4 Å². The predicted molar refractivity (Wildman–Crippen MR) is 328 cm³/mol. The molecule has 1 saturated carbocycles. The summed E-state index contributed by atoms with van der Waals surface area (Å²) in [7, 11) is 2.91. The molecule has 26 nitrogen and oxygen atoms in total. The Morgan fingerprint density at radius 1 is 0.716 bits per heavy atom. The maximum absolute atomic E-state index is 14.4. The van der Waals surface area contributed by atoms with E-state index < -0.39 is 90.7 Å². The summed E-state index contributed by atoms with van der Waals surface area (Å²) in [6.45, 7) is 4.67. The number of anilines is 1. The van der Waals surface area contributed by atoms with E-state index in [0.717, 1.165) is 56.7 Å². The highest BCUT2D eigenvalue weighted by Gasteiger charge is 2.38. The third-order valence-corrected chi connectivity index (χ3v) is 19.8. The van der Waals surface area contributed by atoms with Gasteiger partial charge in [-0.25, -0.2) is 34.9 Å². The molecule has 5 amide bonds. The highest BCUT2D eigenvalue weighted by Crippen LogP contribution is 2.41. The lowest BCUT2D eigenvalue weighted by Gasteiger charge is -2.36. The van der Waals surface area contributed by atoms with Gasteiger partial charge in [0.2, 0.25) is 18.2 Å². The number of ether oxygens (including phenoxy) is 2. The molecule has 7 aromatic heterocycles. The first-order valence-electron chi connectivity index (χ1n) is 27.2. The number of hydrogen-bond donors (Lipinski definition) is 9. The Morgan fingerprint density at radius 3 is 2.15 bits per heavy atom. The van der Waals surface area contributed by atoms with Gasteiger partial charge in [0.15, 0.2) is 0 Å². The number of aryl methyl sites for hydroxylation is 1. The van der Waals surface area contributed by atoms with Crippen molar-refractivity contribution in [3.05, 3.63) is 111 Å². The van der Waals surface area contributed by atoms with Gasteiger partial charge < -0.3 is 61.4 Å². The number of rotatable bonds is 16. The Kier molecular flexibility index (Phi) is 19.8. The molecule has 1 aliphatic heterocycles. The number of carboxylic acid groups (broad SMARTS) is 2. The molecule has 8 aromatic rings. The fraction of sp³-hybridized carbons (Fsp3) is 0.357. The minimum absolute atomic E-state index is 0.0145. The summed E-state index contributed by atoms with van der Waals surface area (Å²) in [5, 5.41) is 64.9. The van der Waals surface area contributed by atoms with Crippen LogP contribution in [0.5, 0.6) is 0 Å². The molecular weight excluding hydrogens is 1260 g/mol. The van der Waals surface area contributed by atoms with Crippen molar-refractivity contribution in [2.45, 2.75) is 89.8 Å². The van der Waals surface area contributed by atoms with Crippen molar-refractivity contribution in [2.75, 3.05) is 32.1 Å². The summed E-state index contributed by atoms with van der Waals surface area (Å²) in [6, 6.07) is 9.20. The molecule has 0 spiro atoms. The molecule has 10 rings (SSSR count). The SMILES string of the molecule is CNC(=O)C[C@@H]1NC(=O)c2csc(n2)-c2ccc(-c3nc(N(CCC(=O)O)C(O)O[C@H]4C[C@H](C(=O)O)C4)cs3)nc2-c2csc(n2)-c2csc(n2)[C@H]([C@@H](O)c2ccccc2)NC(=O)CNC(=O)c2nc(sc2COC)C(C(C)C)NC(=O)c2nc1sc2C. The van der Waals surface area contributed by atoms with E-state index >= 15 is 0 Å². The van der Waals surface area contributed by atoms with Crippen LogP contribution in [0, 0.1) is 18.8 Å². The van der Waals surface area contributed by atoms with E-state index in [0.29, 0.717) is 63.0 Å². The molecule has 460 valence electrons. The first kappa shape index (κ1) is 63.1. The molecule has 0 radical (unpaired) electrons. The molecule has 8 heterocycles. The van der Waals surface area contributed by atoms with E-state index in [2.05, 4.69) is 36.6 Å². The second-order valence-electron chi connectivity index (χ2n) is 20.6. The Balaban J connectivity index is 1.04. The van der Waals surface area contributed by atoms with Gasteiger partial charge in [0.1, 0.15) is 82.2 Å². The lowest BCUT2D eigenvalue weighted by molar-refractivity contribution is -0.180. The van der Waals surface area contributed by atoms with Gasteiger partial charge in [0.25, 0.3) is 17.7 Å². The van der Waals surface area contributed by atoms with E-state index in [-0.39, 0.29) is 78.4 Å². The summed E-state index contributed by atoms with van der Waals surface area (Å²) in [4.78, 5) is 129. The average Bonchev–Trinajstić information content (AvgIpc) is 3.40. The molecule has 2 unspecified atom stereocenters. The predicted octanol–water partition coefficient (Wildman–Crippen LogP) is 6.75. The number of amides is 5. The van der Waals surface area contributed by atoms with Crippen LogP contribution in [-0.2, 0) is 35.3 Å². The number of nitrogens with zero attached hydrogens (tertiary/aromatic N) is 8. The number of thiazole rings is 6. The number of aliphatic hydroxyl groups excluding tert-OH is 2. The van der Waals surface area contributed by atoms with Crippen molar-refractivity contribution >= 4 is 115 Å². The third-order valence-electron chi connectivity index (χ3n) is 14.1. The minimum Gasteiger partial charge on any atom is -0.481 e. The number of fused-ring (bicyclic) bond motifs is 14. The number of carbonyl (C=O) groups is 7. The molecule has 1 aliphatic carbocycles. The van der Waals surface area contributed by atoms with Crippen molar-refractivity contribution in [2.24, 2.45) is 11.8 Å². The molecule has 9 N–H and O–H groups in total. The number of pyridine rings is 1. The van der Waals surface area contributed by atoms with Crippen LogP contribution in [0.4, 0.5) is 5.82 Å². The van der Waals surface area contributed by atoms with Gasteiger partial charge in [-0.05, 0) is 43.4 Å². The summed E-state index contributed by atoms with van der Waals surface area (Å²) < 4.78 is 11.2. The second kappa shape index (κ2) is 27.6. The number of nitrogens with one attached hydrogen (secondary N) is 5. The summed E-state index contributed by atoms with van der Waals surface area (Å²) in [5.41, 5.74) is 2.26. The van der Waals surface area contributed by atoms with E-state index in [1.807, 2.05) is 13.8 Å². The molecule has 10 bridgehead atoms. The van der Waals surface area contributed by atoms with Crippen LogP contribution in [0.2, 0.25) is 0 Å². The monoisotopic (exact) mass is 1310 g/mol. The molecule has 1 fully saturated rings. The summed E-state index contributed by atoms with van der Waals surface area (Å²) in [6.07, 6.45) is -3.85. The molecule has 1 aromatic carbocycles. The van der Waals surface area contributed by atoms with Crippen molar-refractivity contribution < 1.29 is 63.5 Å². The van der Waals surface area contributed by atoms with Gasteiger partial charge in [-0.3, -0.25) is 33.6 Å². The number of carbonyl (C=O) groups excluding carboxylic acids is 5. The Morgan fingerprint density at radius 2 is 1.42 bits per heavy atom. The van der Waals surface area contributed by atoms with Crippen LogP contribution >= 0.6 is 68.0 Å². The van der Waals surface area contributed by atoms with Crippen molar-refractivity contribution in [1.82, 2.24) is 61.5 Å². The number of methoxy groups -OCH3 is 1. The lowest BCUT2D eigenvalue weighted by Crippen LogP contribution is -2.45. The van der Waals surface area contributed by atoms with Gasteiger partial charge in [-0.2, -0.15) is 0 Å². The minimum atomic E-state index is -1.66. The number of aromatic nitrogens is 7. The van der Waals surface area contributed by atoms with Crippen LogP contribution in [-0.4, -0.2) is 137 Å². The Hall–Kier alpha value is -7.92. The Bertz CT molecular complexity index is 3890. The van der Waals surface area contributed by atoms with Crippen LogP contribution in [0.25, 0.3) is 43.4 Å². The second-order valence-corrected chi connectivity index (χ2v) is 26.4. The number of hydrogen-bond acceptors (Lipinski definition) is 25. The third kappa shape index (κ3) is 14.3. The van der Waals surface area contributed by atoms with Crippen molar-refractivity contribution in [3.63, 3.8) is 0 Å². The molecule has 88 heavy (non-hydrogen) atoms. The topological polar surface area (TPSA) is 372 Å². The lowest BCUT2D eigenvalue weighted by atomic mass is 9.82. The van der Waals surface area contributed by atoms with E-state index in [9.17, 15) is 54.0 Å². The maximum atomic E-state index is 14.4. The van der Waals surface area contributed by atoms with Gasteiger partial charge in [0, 0.05) is 52.7 Å².